The standard InChI is InChI=1S/C12H19N7/c1-2-5-14-12-15-7-4-11(17-12)13-6-3-9-19-10-8-16-18-19/h4,7-8,10H,2-3,5-6,9H2,1H3,(H2,13,14,15,17). The van der Waals surface area contributed by atoms with Gasteiger partial charge in [0.05, 0.1) is 6.20 Å². The summed E-state index contributed by atoms with van der Waals surface area (Å²) in [7, 11) is 0. The summed E-state index contributed by atoms with van der Waals surface area (Å²) in [5.41, 5.74) is 0. The zero-order valence-corrected chi connectivity index (χ0v) is 11.1. The van der Waals surface area contributed by atoms with Gasteiger partial charge in [-0.3, -0.25) is 4.68 Å². The number of hydrogen-bond donors (Lipinski definition) is 2. The quantitative estimate of drug-likeness (QED) is 0.699. The Bertz CT molecular complexity index is 469. The van der Waals surface area contributed by atoms with E-state index in [4.69, 9.17) is 0 Å². The fourth-order valence-corrected chi connectivity index (χ4v) is 1.59. The van der Waals surface area contributed by atoms with Gasteiger partial charge < -0.3 is 10.6 Å². The van der Waals surface area contributed by atoms with Crippen LogP contribution in [0, 0.1) is 0 Å². The minimum Gasteiger partial charge on any atom is -0.370 e. The monoisotopic (exact) mass is 261 g/mol. The zero-order valence-electron chi connectivity index (χ0n) is 11.1. The molecule has 2 rings (SSSR count). The van der Waals surface area contributed by atoms with Gasteiger partial charge in [-0.25, -0.2) is 4.98 Å². The van der Waals surface area contributed by atoms with Gasteiger partial charge >= 0.3 is 0 Å². The van der Waals surface area contributed by atoms with Crippen molar-refractivity contribution in [1.82, 2.24) is 25.0 Å². The van der Waals surface area contributed by atoms with Crippen LogP contribution in [-0.4, -0.2) is 38.1 Å². The van der Waals surface area contributed by atoms with Crippen molar-refractivity contribution in [1.29, 1.82) is 0 Å². The summed E-state index contributed by atoms with van der Waals surface area (Å²) in [6.07, 6.45) is 7.32. The molecular formula is C12H19N7. The Morgan fingerprint density at radius 1 is 1.21 bits per heavy atom. The van der Waals surface area contributed by atoms with Crippen molar-refractivity contribution >= 4 is 11.8 Å². The molecule has 7 heteroatoms. The summed E-state index contributed by atoms with van der Waals surface area (Å²) in [6.45, 7) is 4.68. The van der Waals surface area contributed by atoms with Crippen LogP contribution in [0.5, 0.6) is 0 Å². The molecule has 0 radical (unpaired) electrons. The molecule has 0 saturated carbocycles. The van der Waals surface area contributed by atoms with E-state index >= 15 is 0 Å². The van der Waals surface area contributed by atoms with Crippen LogP contribution in [0.3, 0.4) is 0 Å². The molecule has 0 aliphatic carbocycles. The van der Waals surface area contributed by atoms with Gasteiger partial charge in [-0.1, -0.05) is 12.1 Å². The molecule has 0 aromatic carbocycles. The minimum absolute atomic E-state index is 0.670. The highest BCUT2D eigenvalue weighted by atomic mass is 15.4. The van der Waals surface area contributed by atoms with Crippen LogP contribution in [0.2, 0.25) is 0 Å². The first-order valence-electron chi connectivity index (χ1n) is 6.53. The lowest BCUT2D eigenvalue weighted by Crippen LogP contribution is -2.10. The molecule has 0 unspecified atom stereocenters. The van der Waals surface area contributed by atoms with Crippen molar-refractivity contribution < 1.29 is 0 Å². The van der Waals surface area contributed by atoms with E-state index in [1.165, 1.54) is 0 Å². The van der Waals surface area contributed by atoms with Gasteiger partial charge in [0.15, 0.2) is 0 Å². The highest BCUT2D eigenvalue weighted by Gasteiger charge is 1.98. The first-order valence-corrected chi connectivity index (χ1v) is 6.53. The minimum atomic E-state index is 0.670. The number of aryl methyl sites for hydroxylation is 1. The van der Waals surface area contributed by atoms with Gasteiger partial charge in [-0.05, 0) is 18.9 Å². The third-order valence-corrected chi connectivity index (χ3v) is 2.53. The van der Waals surface area contributed by atoms with Crippen molar-refractivity contribution in [2.75, 3.05) is 23.7 Å². The predicted octanol–water partition coefficient (Wildman–Crippen LogP) is 1.39. The first-order chi connectivity index (χ1) is 9.38. The van der Waals surface area contributed by atoms with Gasteiger partial charge in [-0.2, -0.15) is 4.98 Å². The van der Waals surface area contributed by atoms with Crippen LogP contribution in [0.15, 0.2) is 24.7 Å². The van der Waals surface area contributed by atoms with Crippen LogP contribution < -0.4 is 10.6 Å². The van der Waals surface area contributed by atoms with Crippen LogP contribution in [-0.2, 0) is 6.54 Å². The van der Waals surface area contributed by atoms with Crippen LogP contribution >= 0.6 is 0 Å². The van der Waals surface area contributed by atoms with E-state index in [2.05, 4.69) is 37.8 Å². The molecule has 0 amide bonds. The third kappa shape index (κ3) is 4.53. The highest BCUT2D eigenvalue weighted by Crippen LogP contribution is 2.05. The second-order valence-electron chi connectivity index (χ2n) is 4.14. The van der Waals surface area contributed by atoms with Gasteiger partial charge in [0.1, 0.15) is 5.82 Å². The maximum atomic E-state index is 4.38. The Labute approximate surface area is 112 Å². The molecule has 0 atom stereocenters. The number of nitrogens with one attached hydrogen (secondary N) is 2. The highest BCUT2D eigenvalue weighted by molar-refractivity contribution is 5.39. The summed E-state index contributed by atoms with van der Waals surface area (Å²) in [6, 6.07) is 1.87. The van der Waals surface area contributed by atoms with E-state index < -0.39 is 0 Å². The van der Waals surface area contributed by atoms with Crippen LogP contribution in [0.25, 0.3) is 0 Å². The topological polar surface area (TPSA) is 80.5 Å². The van der Waals surface area contributed by atoms with Gasteiger partial charge in [-0.15, -0.1) is 5.10 Å². The number of aromatic nitrogens is 5. The average molecular weight is 261 g/mol. The molecular weight excluding hydrogens is 242 g/mol. The summed E-state index contributed by atoms with van der Waals surface area (Å²) in [4.78, 5) is 8.54. The molecule has 7 nitrogen and oxygen atoms in total. The summed E-state index contributed by atoms with van der Waals surface area (Å²) < 4.78 is 1.82. The van der Waals surface area contributed by atoms with Crippen LogP contribution in [0.1, 0.15) is 19.8 Å². The largest absolute Gasteiger partial charge is 0.370 e. The lowest BCUT2D eigenvalue weighted by Gasteiger charge is -2.07. The van der Waals surface area contributed by atoms with Crippen LogP contribution in [0.4, 0.5) is 11.8 Å². The molecule has 19 heavy (non-hydrogen) atoms. The maximum Gasteiger partial charge on any atom is 0.224 e. The first kappa shape index (κ1) is 13.3. The van der Waals surface area contributed by atoms with E-state index in [-0.39, 0.29) is 0 Å². The van der Waals surface area contributed by atoms with Crippen molar-refractivity contribution in [2.24, 2.45) is 0 Å². The molecule has 2 aromatic rings. The van der Waals surface area contributed by atoms with Crippen molar-refractivity contribution in [2.45, 2.75) is 26.3 Å². The molecule has 0 saturated heterocycles. The number of rotatable bonds is 8. The van der Waals surface area contributed by atoms with E-state index in [0.717, 1.165) is 38.3 Å². The SMILES string of the molecule is CCCNc1nccc(NCCCn2ccnn2)n1. The third-order valence-electron chi connectivity index (χ3n) is 2.53. The summed E-state index contributed by atoms with van der Waals surface area (Å²) in [5.74, 6) is 1.51. The Balaban J connectivity index is 1.73. The fourth-order valence-electron chi connectivity index (χ4n) is 1.59. The molecule has 2 aromatic heterocycles. The second-order valence-corrected chi connectivity index (χ2v) is 4.14. The Hall–Kier alpha value is -2.18. The fraction of sp³-hybridized carbons (Fsp3) is 0.500. The average Bonchev–Trinajstić information content (AvgIpc) is 2.95. The van der Waals surface area contributed by atoms with Gasteiger partial charge in [0.25, 0.3) is 0 Å². The predicted molar refractivity (Wildman–Crippen MR) is 73.9 cm³/mol. The normalized spacial score (nSPS) is 10.4. The number of anilines is 2. The summed E-state index contributed by atoms with van der Waals surface area (Å²) in [5, 5.41) is 14.1. The maximum absolute atomic E-state index is 4.38. The number of hydrogen-bond acceptors (Lipinski definition) is 6. The molecule has 0 spiro atoms. The van der Waals surface area contributed by atoms with E-state index in [1.807, 2.05) is 16.9 Å². The zero-order chi connectivity index (χ0) is 13.3. The van der Waals surface area contributed by atoms with Gasteiger partial charge in [0.2, 0.25) is 5.95 Å². The van der Waals surface area contributed by atoms with Crippen molar-refractivity contribution in [3.05, 3.63) is 24.7 Å². The summed E-state index contributed by atoms with van der Waals surface area (Å²) >= 11 is 0. The van der Waals surface area contributed by atoms with E-state index in [1.54, 1.807) is 12.4 Å². The van der Waals surface area contributed by atoms with Crippen molar-refractivity contribution in [3.8, 4) is 0 Å². The van der Waals surface area contributed by atoms with Crippen molar-refractivity contribution in [3.63, 3.8) is 0 Å². The molecule has 0 bridgehead atoms. The number of nitrogens with zero attached hydrogens (tertiary/aromatic N) is 5. The van der Waals surface area contributed by atoms with E-state index in [0.29, 0.717) is 5.95 Å². The smallest absolute Gasteiger partial charge is 0.224 e. The second kappa shape index (κ2) is 7.30. The van der Waals surface area contributed by atoms with E-state index in [9.17, 15) is 0 Å². The lowest BCUT2D eigenvalue weighted by atomic mass is 10.4. The molecule has 2 N–H and O–H groups in total. The molecule has 2 heterocycles. The lowest BCUT2D eigenvalue weighted by molar-refractivity contribution is 0.569. The molecule has 102 valence electrons. The Morgan fingerprint density at radius 2 is 2.16 bits per heavy atom. The Kier molecular flexibility index (Phi) is 5.09. The molecule has 0 aliphatic rings. The Morgan fingerprint density at radius 3 is 2.95 bits per heavy atom. The molecule has 0 fully saturated rings. The molecule has 0 aliphatic heterocycles. The van der Waals surface area contributed by atoms with Gasteiger partial charge in [0, 0.05) is 32.0 Å².